The minimum absolute atomic E-state index is 0.0237. The number of amides is 4. The summed E-state index contributed by atoms with van der Waals surface area (Å²) in [6, 6.07) is 11.3. The number of methoxy groups -OCH3 is 1. The van der Waals surface area contributed by atoms with E-state index in [2.05, 4.69) is 75.1 Å². The van der Waals surface area contributed by atoms with Gasteiger partial charge in [0.25, 0.3) is 5.91 Å². The van der Waals surface area contributed by atoms with Crippen molar-refractivity contribution >= 4 is 62.6 Å². The van der Waals surface area contributed by atoms with Crippen molar-refractivity contribution in [3.63, 3.8) is 0 Å². The average molecular weight is 1140 g/mol. The fraction of sp³-hybridized carbons (Fsp3) is 0.532. The number of esters is 1. The number of carbonyl (C=O) groups excluding carboxylic acids is 4. The highest BCUT2D eigenvalue weighted by atomic mass is 32.1. The number of likely N-dealkylation sites (tertiary alicyclic amines) is 1. The van der Waals surface area contributed by atoms with Crippen molar-refractivity contribution in [2.24, 2.45) is 11.3 Å². The van der Waals surface area contributed by atoms with Gasteiger partial charge < -0.3 is 39.2 Å². The fourth-order valence-corrected chi connectivity index (χ4v) is 15.0. The molecule has 82 heavy (non-hydrogen) atoms. The monoisotopic (exact) mass is 1140 g/mol. The number of halogens is 1. The fourth-order valence-electron chi connectivity index (χ4n) is 14.2. The van der Waals surface area contributed by atoms with Crippen LogP contribution in [0.3, 0.4) is 0 Å². The molecule has 6 aromatic rings. The molecule has 20 heteroatoms. The van der Waals surface area contributed by atoms with Crippen molar-refractivity contribution in [3.05, 3.63) is 94.0 Å². The summed E-state index contributed by atoms with van der Waals surface area (Å²) in [6.45, 7) is 16.9. The number of aromatic nitrogens is 4. The van der Waals surface area contributed by atoms with Gasteiger partial charge in [-0.05, 0) is 99.7 Å². The molecular weight excluding hydrogens is 1060 g/mol. The van der Waals surface area contributed by atoms with Gasteiger partial charge in [-0.25, -0.2) is 19.6 Å². The molecule has 3 saturated heterocycles. The first-order valence-electron chi connectivity index (χ1n) is 29.3. The SMILES string of the molecule is CCn1c2c3c4cc(ccc41)-c1csc(n1)C[C@H](NC(=O)[C@H](C(C)C)N(C)C(=O)N1CCC[C@@H]1[C@@](C)(O)c1cc(F)cc4ncccc14)C(=O)N1CCC[C@H](N1)C(=O)OCC(C)(C)C3[C@H](OC)c1ncc(N3CCN(C4CC4)CC3)cc1-2. The second kappa shape index (κ2) is 21.9. The Kier molecular flexibility index (Phi) is 14.9. The van der Waals surface area contributed by atoms with Crippen molar-refractivity contribution in [2.75, 3.05) is 64.9 Å². The molecule has 4 fully saturated rings. The molecule has 7 atom stereocenters. The number of nitrogens with zero attached hydrogens (tertiary/aromatic N) is 9. The number of hydrogen-bond donors (Lipinski definition) is 3. The van der Waals surface area contributed by atoms with Crippen molar-refractivity contribution < 1.29 is 38.1 Å². The predicted molar refractivity (Wildman–Crippen MR) is 312 cm³/mol. The van der Waals surface area contributed by atoms with Gasteiger partial charge in [-0.2, -0.15) is 0 Å². The summed E-state index contributed by atoms with van der Waals surface area (Å²) < 4.78 is 30.4. The Balaban J connectivity index is 0.877. The lowest BCUT2D eigenvalue weighted by Gasteiger charge is -2.43. The zero-order valence-electron chi connectivity index (χ0n) is 48.3. The van der Waals surface area contributed by atoms with Gasteiger partial charge >= 0.3 is 12.0 Å². The topological polar surface area (TPSA) is 191 Å². The van der Waals surface area contributed by atoms with Gasteiger partial charge in [0.05, 0.1) is 52.1 Å². The Morgan fingerprint density at radius 3 is 2.54 bits per heavy atom. The molecule has 6 bridgehead atoms. The molecule has 0 spiro atoms. The first-order chi connectivity index (χ1) is 39.4. The normalized spacial score (nSPS) is 24.3. The Bertz CT molecular complexity index is 3460. The average Bonchev–Trinajstić information content (AvgIpc) is 1.96. The third-order valence-electron chi connectivity index (χ3n) is 18.5. The molecule has 434 valence electrons. The number of hydrogen-bond acceptors (Lipinski definition) is 14. The zero-order chi connectivity index (χ0) is 57.5. The van der Waals surface area contributed by atoms with Gasteiger partial charge in [-0.1, -0.05) is 39.8 Å². The Labute approximate surface area is 482 Å². The van der Waals surface area contributed by atoms with E-state index in [1.165, 1.54) is 46.2 Å². The van der Waals surface area contributed by atoms with Crippen LogP contribution < -0.4 is 15.6 Å². The molecule has 4 aliphatic heterocycles. The molecule has 3 N–H and O–H groups in total. The van der Waals surface area contributed by atoms with Crippen LogP contribution in [0.25, 0.3) is 44.3 Å². The van der Waals surface area contributed by atoms with Gasteiger partial charge in [-0.3, -0.25) is 34.3 Å². The maximum Gasteiger partial charge on any atom is 0.324 e. The number of thiazole rings is 1. The van der Waals surface area contributed by atoms with Gasteiger partial charge in [0.15, 0.2) is 0 Å². The van der Waals surface area contributed by atoms with E-state index in [1.54, 1.807) is 44.3 Å². The number of anilines is 1. The van der Waals surface area contributed by atoms with Crippen LogP contribution in [0, 0.1) is 17.2 Å². The number of piperazine rings is 1. The number of rotatable bonds is 10. The van der Waals surface area contributed by atoms with E-state index in [-0.39, 0.29) is 25.5 Å². The van der Waals surface area contributed by atoms with Crippen LogP contribution in [0.1, 0.15) is 114 Å². The van der Waals surface area contributed by atoms with E-state index in [9.17, 15) is 19.5 Å². The summed E-state index contributed by atoms with van der Waals surface area (Å²) in [4.78, 5) is 82.0. The van der Waals surface area contributed by atoms with E-state index in [0.717, 1.165) is 82.6 Å². The molecule has 18 nitrogen and oxygen atoms in total. The van der Waals surface area contributed by atoms with Crippen molar-refractivity contribution in [1.82, 2.24) is 50.0 Å². The van der Waals surface area contributed by atoms with E-state index < -0.39 is 76.8 Å². The molecule has 2 aromatic carbocycles. The molecule has 1 unspecified atom stereocenters. The molecule has 1 saturated carbocycles. The van der Waals surface area contributed by atoms with Crippen LogP contribution in [-0.2, 0) is 42.4 Å². The van der Waals surface area contributed by atoms with Gasteiger partial charge in [-0.15, -0.1) is 11.3 Å². The molecule has 0 radical (unpaired) electrons. The molecule has 12 rings (SSSR count). The Hall–Kier alpha value is -6.58. The highest BCUT2D eigenvalue weighted by molar-refractivity contribution is 7.10. The molecule has 2 aliphatic carbocycles. The van der Waals surface area contributed by atoms with Crippen LogP contribution in [0.2, 0.25) is 0 Å². The van der Waals surface area contributed by atoms with E-state index in [1.807, 2.05) is 25.4 Å². The highest BCUT2D eigenvalue weighted by Crippen LogP contribution is 2.57. The summed E-state index contributed by atoms with van der Waals surface area (Å²) in [6.07, 6.45) is 7.62. The first-order valence-corrected chi connectivity index (χ1v) is 30.2. The van der Waals surface area contributed by atoms with Gasteiger partial charge in [0.1, 0.15) is 35.6 Å². The van der Waals surface area contributed by atoms with Crippen molar-refractivity contribution in [1.29, 1.82) is 0 Å². The number of aliphatic hydroxyl groups is 1. The second-order valence-electron chi connectivity index (χ2n) is 24.7. The first kappa shape index (κ1) is 55.9. The van der Waals surface area contributed by atoms with Crippen molar-refractivity contribution in [2.45, 2.75) is 141 Å². The maximum atomic E-state index is 15.1. The molecule has 4 amide bonds. The Morgan fingerprint density at radius 2 is 1.79 bits per heavy atom. The van der Waals surface area contributed by atoms with Crippen LogP contribution in [-0.4, -0.2) is 158 Å². The number of likely N-dealkylation sites (N-methyl/N-ethyl adjacent to an activating group) is 1. The number of ether oxygens (including phenoxy) is 2. The van der Waals surface area contributed by atoms with E-state index in [4.69, 9.17) is 19.4 Å². The number of cyclic esters (lactones) is 1. The molecular formula is C62H76FN11O7S. The lowest BCUT2D eigenvalue weighted by molar-refractivity contribution is -0.156. The highest BCUT2D eigenvalue weighted by Gasteiger charge is 2.50. The third kappa shape index (κ3) is 9.98. The quantitative estimate of drug-likeness (QED) is 0.112. The number of pyridine rings is 2. The predicted octanol–water partition coefficient (Wildman–Crippen LogP) is 8.16. The van der Waals surface area contributed by atoms with Crippen molar-refractivity contribution in [3.8, 4) is 22.5 Å². The van der Waals surface area contributed by atoms with Gasteiger partial charge in [0.2, 0.25) is 5.91 Å². The molecule has 4 aromatic heterocycles. The standard InChI is InChI=1S/C62H76FN11O7S/c1-9-72-48-19-16-36-27-41(48)51-52(56(80-8)53-42(55(51)72)30-39(32-65-53)71-25-23-70(24-26-71)38-17-18-38)61(4,5)34-81-59(77)44-14-11-22-74(68-44)58(76)46(31-50-66-47(36)33-82-50)67-57(75)54(35(2)3)69(7)60(78)73-21-12-15-49(73)62(6,79)43-28-37(63)29-45-40(43)13-10-20-64-45/h10,13,16,19-20,27-30,32-33,35,38,44,46,49,52,54,56,68,79H,9,11-12,14-15,17-18,21-26,31,34H2,1-8H3,(H,67,75)/t44-,46-,49+,52?,54-,56-,62-/m0/s1. The van der Waals surface area contributed by atoms with Gasteiger partial charge in [0, 0.05) is 129 Å². The summed E-state index contributed by atoms with van der Waals surface area (Å²) in [5, 5.41) is 21.0. The lowest BCUT2D eigenvalue weighted by atomic mass is 9.67. The number of urea groups is 1. The lowest BCUT2D eigenvalue weighted by Crippen LogP contribution is -2.63. The summed E-state index contributed by atoms with van der Waals surface area (Å²) in [5.74, 6) is -2.80. The third-order valence-corrected chi connectivity index (χ3v) is 19.3. The van der Waals surface area contributed by atoms with Crippen LogP contribution in [0.5, 0.6) is 0 Å². The van der Waals surface area contributed by atoms with Crippen LogP contribution >= 0.6 is 11.3 Å². The summed E-state index contributed by atoms with van der Waals surface area (Å²) in [5.41, 5.74) is 9.32. The number of hydrazine groups is 1. The summed E-state index contributed by atoms with van der Waals surface area (Å²) >= 11 is 1.40. The number of fused-ring (bicyclic) bond motifs is 9. The van der Waals surface area contributed by atoms with Crippen LogP contribution in [0.15, 0.2) is 66.3 Å². The van der Waals surface area contributed by atoms with E-state index in [0.29, 0.717) is 60.2 Å². The zero-order valence-corrected chi connectivity index (χ0v) is 49.1. The second-order valence-corrected chi connectivity index (χ2v) is 25.6. The maximum absolute atomic E-state index is 15.1. The minimum atomic E-state index is -1.69. The number of aryl methyl sites for hydroxylation is 1. The number of benzene rings is 2. The van der Waals surface area contributed by atoms with Crippen LogP contribution in [0.4, 0.5) is 14.9 Å². The number of nitrogens with one attached hydrogen (secondary N) is 2. The smallest absolute Gasteiger partial charge is 0.324 e. The molecule has 8 heterocycles. The molecule has 6 aliphatic rings. The Morgan fingerprint density at radius 1 is 1.01 bits per heavy atom. The largest absolute Gasteiger partial charge is 0.464 e. The number of carbonyl (C=O) groups is 4. The van der Waals surface area contributed by atoms with E-state index >= 15 is 9.18 Å². The minimum Gasteiger partial charge on any atom is -0.464 e. The summed E-state index contributed by atoms with van der Waals surface area (Å²) in [7, 11) is 3.30.